The van der Waals surface area contributed by atoms with E-state index in [1.165, 1.54) is 0 Å². The molecule has 2 heterocycles. The molecule has 0 radical (unpaired) electrons. The Morgan fingerprint density at radius 3 is 2.80 bits per heavy atom. The molecule has 3 heteroatoms. The zero-order chi connectivity index (χ0) is 17.4. The first-order chi connectivity index (χ1) is 12.2. The van der Waals surface area contributed by atoms with Crippen LogP contribution in [0.3, 0.4) is 0 Å². The van der Waals surface area contributed by atoms with E-state index in [0.29, 0.717) is 5.92 Å². The van der Waals surface area contributed by atoms with Crippen molar-refractivity contribution in [2.45, 2.75) is 32.3 Å². The molecule has 0 fully saturated rings. The van der Waals surface area contributed by atoms with Crippen molar-refractivity contribution in [2.75, 3.05) is 0 Å². The molecule has 1 aromatic heterocycles. The number of nitrogens with one attached hydrogen (secondary N) is 1. The standard InChI is InChI=1S/C22H23NO2/c1-3-8-18-16-12-7-9-14(2)19(16)20-21(25-18)17(13-23-22(20)24)15-10-5-4-6-11-15/h3-8,10-14,16,18-19H,9H2,1-2H3,(H,23,24)/b8-3+/t14-,16+,18+,19+/m0/s1. The van der Waals surface area contributed by atoms with Crippen molar-refractivity contribution in [2.24, 2.45) is 11.8 Å². The van der Waals surface area contributed by atoms with Crippen LogP contribution in [0, 0.1) is 11.8 Å². The van der Waals surface area contributed by atoms with Crippen LogP contribution in [-0.2, 0) is 0 Å². The zero-order valence-electron chi connectivity index (χ0n) is 14.6. The Balaban J connectivity index is 1.95. The Bertz CT molecular complexity index is 879. The van der Waals surface area contributed by atoms with Crippen LogP contribution < -0.4 is 10.3 Å². The molecule has 0 saturated heterocycles. The van der Waals surface area contributed by atoms with Gasteiger partial charge in [0, 0.05) is 23.6 Å². The molecular formula is C22H23NO2. The fraction of sp³-hybridized carbons (Fsp3) is 0.318. The van der Waals surface area contributed by atoms with Crippen molar-refractivity contribution in [3.8, 4) is 16.9 Å². The van der Waals surface area contributed by atoms with E-state index in [9.17, 15) is 4.79 Å². The molecule has 0 bridgehead atoms. The van der Waals surface area contributed by atoms with Gasteiger partial charge in [0.05, 0.1) is 5.56 Å². The van der Waals surface area contributed by atoms with Gasteiger partial charge in [0.15, 0.2) is 0 Å². The third-order valence-corrected chi connectivity index (χ3v) is 5.41. The van der Waals surface area contributed by atoms with E-state index in [1.807, 2.05) is 31.2 Å². The normalized spacial score (nSPS) is 27.6. The average molecular weight is 333 g/mol. The van der Waals surface area contributed by atoms with Crippen molar-refractivity contribution >= 4 is 0 Å². The summed E-state index contributed by atoms with van der Waals surface area (Å²) in [5.74, 6) is 1.56. The molecule has 2 aliphatic rings. The molecule has 4 atom stereocenters. The number of H-pyrrole nitrogens is 1. The number of aromatic amines is 1. The molecule has 0 amide bonds. The van der Waals surface area contributed by atoms with Crippen molar-refractivity contribution < 1.29 is 4.74 Å². The smallest absolute Gasteiger partial charge is 0.255 e. The van der Waals surface area contributed by atoms with Crippen molar-refractivity contribution in [1.29, 1.82) is 0 Å². The molecule has 1 aliphatic heterocycles. The van der Waals surface area contributed by atoms with Gasteiger partial charge in [-0.2, -0.15) is 0 Å². The molecular weight excluding hydrogens is 310 g/mol. The van der Waals surface area contributed by atoms with E-state index in [0.717, 1.165) is 28.9 Å². The van der Waals surface area contributed by atoms with Gasteiger partial charge >= 0.3 is 0 Å². The first-order valence-electron chi connectivity index (χ1n) is 8.98. The summed E-state index contributed by atoms with van der Waals surface area (Å²) in [5, 5.41) is 0. The molecule has 0 unspecified atom stereocenters. The Kier molecular flexibility index (Phi) is 4.08. The van der Waals surface area contributed by atoms with Crippen molar-refractivity contribution in [3.63, 3.8) is 0 Å². The largest absolute Gasteiger partial charge is 0.485 e. The van der Waals surface area contributed by atoms with Gasteiger partial charge in [-0.3, -0.25) is 4.79 Å². The van der Waals surface area contributed by atoms with Crippen molar-refractivity contribution in [1.82, 2.24) is 4.98 Å². The molecule has 1 aliphatic carbocycles. The summed E-state index contributed by atoms with van der Waals surface area (Å²) in [6.45, 7) is 4.25. The highest BCUT2D eigenvalue weighted by Gasteiger charge is 2.42. The minimum absolute atomic E-state index is 0.0224. The average Bonchev–Trinajstić information content (AvgIpc) is 2.63. The highest BCUT2D eigenvalue weighted by molar-refractivity contribution is 5.72. The summed E-state index contributed by atoms with van der Waals surface area (Å²) in [7, 11) is 0. The highest BCUT2D eigenvalue weighted by atomic mass is 16.5. The summed E-state index contributed by atoms with van der Waals surface area (Å²) < 4.78 is 6.40. The quantitative estimate of drug-likeness (QED) is 0.811. The third-order valence-electron chi connectivity index (χ3n) is 5.41. The fourth-order valence-corrected chi connectivity index (χ4v) is 4.25. The van der Waals surface area contributed by atoms with E-state index in [4.69, 9.17) is 4.74 Å². The molecule has 25 heavy (non-hydrogen) atoms. The second-order valence-electron chi connectivity index (χ2n) is 6.99. The predicted molar refractivity (Wildman–Crippen MR) is 101 cm³/mol. The number of hydrogen-bond acceptors (Lipinski definition) is 2. The maximum absolute atomic E-state index is 12.7. The number of allylic oxidation sites excluding steroid dienone is 2. The number of benzene rings is 1. The van der Waals surface area contributed by atoms with Gasteiger partial charge in [-0.05, 0) is 30.9 Å². The lowest BCUT2D eigenvalue weighted by atomic mass is 9.69. The van der Waals surface area contributed by atoms with Gasteiger partial charge in [-0.15, -0.1) is 0 Å². The maximum atomic E-state index is 12.7. The Hall–Kier alpha value is -2.55. The number of pyridine rings is 1. The minimum atomic E-state index is -0.0363. The first-order valence-corrected chi connectivity index (χ1v) is 8.98. The third kappa shape index (κ3) is 2.64. The molecule has 0 saturated carbocycles. The SMILES string of the molecule is C/C=C/[C@H]1Oc2c(-c3ccccc3)c[nH]c(=O)c2[C@H]2[C@@H]1C=CC[C@@H]2C. The first kappa shape index (κ1) is 15.9. The summed E-state index contributed by atoms with van der Waals surface area (Å²) in [6.07, 6.45) is 11.4. The Labute approximate surface area is 148 Å². The van der Waals surface area contributed by atoms with Crippen molar-refractivity contribution in [3.05, 3.63) is 76.8 Å². The number of aromatic nitrogens is 1. The summed E-state index contributed by atoms with van der Waals surface area (Å²) in [6, 6.07) is 10.1. The van der Waals surface area contributed by atoms with E-state index >= 15 is 0 Å². The highest BCUT2D eigenvalue weighted by Crippen LogP contribution is 2.49. The molecule has 2 aromatic rings. The predicted octanol–water partition coefficient (Wildman–Crippen LogP) is 4.67. The van der Waals surface area contributed by atoms with Gasteiger partial charge in [-0.1, -0.05) is 55.5 Å². The Morgan fingerprint density at radius 1 is 1.24 bits per heavy atom. The van der Waals surface area contributed by atoms with Crippen LogP contribution in [0.5, 0.6) is 5.75 Å². The summed E-state index contributed by atoms with van der Waals surface area (Å²) >= 11 is 0. The molecule has 128 valence electrons. The van der Waals surface area contributed by atoms with Gasteiger partial charge in [0.2, 0.25) is 0 Å². The van der Waals surface area contributed by atoms with Crippen LogP contribution in [-0.4, -0.2) is 11.1 Å². The minimum Gasteiger partial charge on any atom is -0.485 e. The van der Waals surface area contributed by atoms with Gasteiger partial charge in [-0.25, -0.2) is 0 Å². The molecule has 0 spiro atoms. The molecule has 1 aromatic carbocycles. The monoisotopic (exact) mass is 333 g/mol. The van der Waals surface area contributed by atoms with Crippen LogP contribution in [0.2, 0.25) is 0 Å². The van der Waals surface area contributed by atoms with Crippen LogP contribution in [0.4, 0.5) is 0 Å². The van der Waals surface area contributed by atoms with Gasteiger partial charge < -0.3 is 9.72 Å². The molecule has 3 nitrogen and oxygen atoms in total. The Morgan fingerprint density at radius 2 is 2.04 bits per heavy atom. The number of hydrogen-bond donors (Lipinski definition) is 1. The lowest BCUT2D eigenvalue weighted by Gasteiger charge is -2.42. The number of fused-ring (bicyclic) bond motifs is 3. The summed E-state index contributed by atoms with van der Waals surface area (Å²) in [4.78, 5) is 15.7. The second kappa shape index (κ2) is 6.40. The van der Waals surface area contributed by atoms with E-state index < -0.39 is 0 Å². The zero-order valence-corrected chi connectivity index (χ0v) is 14.6. The topological polar surface area (TPSA) is 42.1 Å². The van der Waals surface area contributed by atoms with E-state index in [1.54, 1.807) is 6.20 Å². The number of ether oxygens (including phenoxy) is 1. The van der Waals surface area contributed by atoms with Gasteiger partial charge in [0.25, 0.3) is 5.56 Å². The lowest BCUT2D eigenvalue weighted by Crippen LogP contribution is -2.41. The fourth-order valence-electron chi connectivity index (χ4n) is 4.25. The molecule has 1 N–H and O–H groups in total. The van der Waals surface area contributed by atoms with Crippen LogP contribution >= 0.6 is 0 Å². The van der Waals surface area contributed by atoms with E-state index in [-0.39, 0.29) is 23.5 Å². The number of rotatable bonds is 2. The van der Waals surface area contributed by atoms with Gasteiger partial charge in [0.1, 0.15) is 11.9 Å². The van der Waals surface area contributed by atoms with Crippen LogP contribution in [0.1, 0.15) is 31.7 Å². The second-order valence-corrected chi connectivity index (χ2v) is 6.99. The van der Waals surface area contributed by atoms with Crippen LogP contribution in [0.25, 0.3) is 11.1 Å². The summed E-state index contributed by atoms with van der Waals surface area (Å²) in [5.41, 5.74) is 2.81. The van der Waals surface area contributed by atoms with E-state index in [2.05, 4.69) is 42.3 Å². The maximum Gasteiger partial charge on any atom is 0.255 e. The molecule has 4 rings (SSSR count). The van der Waals surface area contributed by atoms with Crippen LogP contribution in [0.15, 0.2) is 65.6 Å². The lowest BCUT2D eigenvalue weighted by molar-refractivity contribution is 0.132.